The third-order valence-electron chi connectivity index (χ3n) is 3.58. The van der Waals surface area contributed by atoms with Gasteiger partial charge in [0.25, 0.3) is 5.91 Å². The molecule has 0 unspecified atom stereocenters. The van der Waals surface area contributed by atoms with Crippen LogP contribution in [-0.4, -0.2) is 32.6 Å². The van der Waals surface area contributed by atoms with E-state index < -0.39 is 0 Å². The maximum absolute atomic E-state index is 12.2. The van der Waals surface area contributed by atoms with Gasteiger partial charge in [0.1, 0.15) is 0 Å². The average Bonchev–Trinajstić information content (AvgIpc) is 3.01. The number of nitrogens with zero attached hydrogens (tertiary/aromatic N) is 3. The maximum atomic E-state index is 12.2. The molecule has 0 aliphatic carbocycles. The molecule has 0 atom stereocenters. The second-order valence-corrected chi connectivity index (χ2v) is 5.19. The Hall–Kier alpha value is -2.76. The predicted octanol–water partition coefficient (Wildman–Crippen LogP) is 1.94. The van der Waals surface area contributed by atoms with Crippen molar-refractivity contribution in [1.82, 2.24) is 25.5 Å². The van der Waals surface area contributed by atoms with Gasteiger partial charge in [-0.25, -0.2) is 9.97 Å². The van der Waals surface area contributed by atoms with E-state index in [0.717, 1.165) is 34.5 Å². The fourth-order valence-corrected chi connectivity index (χ4v) is 2.21. The molecule has 2 heterocycles. The zero-order chi connectivity index (χ0) is 15.5. The quantitative estimate of drug-likeness (QED) is 0.770. The largest absolute Gasteiger partial charge is 0.352 e. The molecule has 0 bridgehead atoms. The summed E-state index contributed by atoms with van der Waals surface area (Å²) < 4.78 is 0. The molecule has 3 aromatic rings. The molecular weight excluding hydrogens is 278 g/mol. The van der Waals surface area contributed by atoms with Gasteiger partial charge >= 0.3 is 0 Å². The van der Waals surface area contributed by atoms with Crippen LogP contribution in [0.2, 0.25) is 0 Å². The Morgan fingerprint density at radius 3 is 2.64 bits per heavy atom. The van der Waals surface area contributed by atoms with Crippen molar-refractivity contribution in [2.45, 2.75) is 20.3 Å². The molecule has 6 nitrogen and oxygen atoms in total. The van der Waals surface area contributed by atoms with Gasteiger partial charge in [0, 0.05) is 30.4 Å². The van der Waals surface area contributed by atoms with Gasteiger partial charge in [-0.2, -0.15) is 5.10 Å². The van der Waals surface area contributed by atoms with E-state index in [0.29, 0.717) is 12.1 Å². The standard InChI is InChI=1S/C16H17N5O/c1-10-11(2)20-15-9-12(3-4-14(15)19-10)16(22)17-7-5-13-6-8-18-21-13/h3-4,6,8-9H,5,7H2,1-2H3,(H,17,22)(H,18,21). The van der Waals surface area contributed by atoms with Crippen LogP contribution in [0.5, 0.6) is 0 Å². The molecule has 0 spiro atoms. The normalized spacial score (nSPS) is 10.8. The van der Waals surface area contributed by atoms with E-state index >= 15 is 0 Å². The molecule has 112 valence electrons. The summed E-state index contributed by atoms with van der Waals surface area (Å²) in [5.74, 6) is -0.110. The molecular formula is C16H17N5O. The Balaban J connectivity index is 1.72. The average molecular weight is 295 g/mol. The van der Waals surface area contributed by atoms with E-state index in [4.69, 9.17) is 0 Å². The van der Waals surface area contributed by atoms with Crippen molar-refractivity contribution in [1.29, 1.82) is 0 Å². The molecule has 3 rings (SSSR count). The van der Waals surface area contributed by atoms with Crippen LogP contribution in [0.15, 0.2) is 30.5 Å². The Labute approximate surface area is 128 Å². The zero-order valence-electron chi connectivity index (χ0n) is 12.6. The molecule has 0 aliphatic rings. The number of hydrogen-bond acceptors (Lipinski definition) is 4. The molecule has 0 aliphatic heterocycles. The lowest BCUT2D eigenvalue weighted by Gasteiger charge is -2.06. The molecule has 0 saturated carbocycles. The minimum Gasteiger partial charge on any atom is -0.352 e. The van der Waals surface area contributed by atoms with Crippen LogP contribution in [0.4, 0.5) is 0 Å². The summed E-state index contributed by atoms with van der Waals surface area (Å²) in [5, 5.41) is 9.63. The van der Waals surface area contributed by atoms with Gasteiger partial charge in [-0.05, 0) is 38.1 Å². The highest BCUT2D eigenvalue weighted by molar-refractivity contribution is 5.97. The fourth-order valence-electron chi connectivity index (χ4n) is 2.21. The van der Waals surface area contributed by atoms with Crippen molar-refractivity contribution in [2.24, 2.45) is 0 Å². The topological polar surface area (TPSA) is 83.6 Å². The number of amides is 1. The van der Waals surface area contributed by atoms with Crippen LogP contribution in [0, 0.1) is 13.8 Å². The second kappa shape index (κ2) is 5.93. The number of benzene rings is 1. The molecule has 0 saturated heterocycles. The van der Waals surface area contributed by atoms with Gasteiger partial charge in [0.05, 0.1) is 22.4 Å². The number of nitrogens with one attached hydrogen (secondary N) is 2. The van der Waals surface area contributed by atoms with Crippen molar-refractivity contribution >= 4 is 16.9 Å². The van der Waals surface area contributed by atoms with Gasteiger partial charge < -0.3 is 5.32 Å². The van der Waals surface area contributed by atoms with Crippen LogP contribution < -0.4 is 5.32 Å². The number of aromatic nitrogens is 4. The molecule has 1 aromatic carbocycles. The van der Waals surface area contributed by atoms with Crippen LogP contribution in [-0.2, 0) is 6.42 Å². The van der Waals surface area contributed by atoms with Crippen LogP contribution in [0.25, 0.3) is 11.0 Å². The summed E-state index contributed by atoms with van der Waals surface area (Å²) in [6, 6.07) is 7.28. The van der Waals surface area contributed by atoms with Crippen molar-refractivity contribution in [3.05, 3.63) is 53.1 Å². The van der Waals surface area contributed by atoms with E-state index in [-0.39, 0.29) is 5.91 Å². The van der Waals surface area contributed by atoms with Crippen LogP contribution in [0.3, 0.4) is 0 Å². The third-order valence-corrected chi connectivity index (χ3v) is 3.58. The van der Waals surface area contributed by atoms with Crippen molar-refractivity contribution < 1.29 is 4.79 Å². The molecule has 6 heteroatoms. The summed E-state index contributed by atoms with van der Waals surface area (Å²) in [6.45, 7) is 4.40. The molecule has 0 radical (unpaired) electrons. The Bertz CT molecular complexity index is 811. The third kappa shape index (κ3) is 2.95. The minimum absolute atomic E-state index is 0.110. The lowest BCUT2D eigenvalue weighted by molar-refractivity contribution is 0.0954. The van der Waals surface area contributed by atoms with Gasteiger partial charge in [-0.15, -0.1) is 0 Å². The number of carbonyl (C=O) groups is 1. The molecule has 0 fully saturated rings. The number of rotatable bonds is 4. The predicted molar refractivity (Wildman–Crippen MR) is 83.6 cm³/mol. The minimum atomic E-state index is -0.110. The first-order valence-electron chi connectivity index (χ1n) is 7.15. The number of fused-ring (bicyclic) bond motifs is 1. The van der Waals surface area contributed by atoms with Gasteiger partial charge in [0.2, 0.25) is 0 Å². The molecule has 22 heavy (non-hydrogen) atoms. The van der Waals surface area contributed by atoms with Crippen molar-refractivity contribution in [3.63, 3.8) is 0 Å². The van der Waals surface area contributed by atoms with E-state index in [1.54, 1.807) is 18.3 Å². The summed E-state index contributed by atoms with van der Waals surface area (Å²) in [7, 11) is 0. The van der Waals surface area contributed by atoms with Crippen LogP contribution >= 0.6 is 0 Å². The first-order valence-corrected chi connectivity index (χ1v) is 7.15. The lowest BCUT2D eigenvalue weighted by Crippen LogP contribution is -2.25. The Morgan fingerprint density at radius 1 is 1.14 bits per heavy atom. The Kier molecular flexibility index (Phi) is 3.82. The van der Waals surface area contributed by atoms with Gasteiger partial charge in [-0.1, -0.05) is 0 Å². The summed E-state index contributed by atoms with van der Waals surface area (Å²) in [6.07, 6.45) is 2.42. The van der Waals surface area contributed by atoms with Gasteiger partial charge in [0.15, 0.2) is 0 Å². The SMILES string of the molecule is Cc1nc2ccc(C(=O)NCCc3ccn[nH]3)cc2nc1C. The lowest BCUT2D eigenvalue weighted by atomic mass is 10.1. The van der Waals surface area contributed by atoms with Gasteiger partial charge in [-0.3, -0.25) is 9.89 Å². The smallest absolute Gasteiger partial charge is 0.251 e. The number of aryl methyl sites for hydroxylation is 2. The van der Waals surface area contributed by atoms with E-state index in [2.05, 4.69) is 25.5 Å². The zero-order valence-corrected chi connectivity index (χ0v) is 12.6. The van der Waals surface area contributed by atoms with E-state index in [1.807, 2.05) is 26.0 Å². The summed E-state index contributed by atoms with van der Waals surface area (Å²) in [4.78, 5) is 21.1. The molecule has 2 N–H and O–H groups in total. The molecule has 2 aromatic heterocycles. The van der Waals surface area contributed by atoms with Crippen LogP contribution in [0.1, 0.15) is 27.4 Å². The highest BCUT2D eigenvalue weighted by atomic mass is 16.1. The number of hydrogen-bond donors (Lipinski definition) is 2. The fraction of sp³-hybridized carbons (Fsp3) is 0.250. The number of carbonyl (C=O) groups excluding carboxylic acids is 1. The maximum Gasteiger partial charge on any atom is 0.251 e. The first kappa shape index (κ1) is 14.2. The van der Waals surface area contributed by atoms with Crippen molar-refractivity contribution in [2.75, 3.05) is 6.54 Å². The summed E-state index contributed by atoms with van der Waals surface area (Å²) >= 11 is 0. The monoisotopic (exact) mass is 295 g/mol. The second-order valence-electron chi connectivity index (χ2n) is 5.19. The van der Waals surface area contributed by atoms with E-state index in [1.165, 1.54) is 0 Å². The summed E-state index contributed by atoms with van der Waals surface area (Å²) in [5.41, 5.74) is 4.92. The highest BCUT2D eigenvalue weighted by Gasteiger charge is 2.08. The molecule has 1 amide bonds. The number of aromatic amines is 1. The first-order chi connectivity index (χ1) is 10.6. The Morgan fingerprint density at radius 2 is 1.91 bits per heavy atom. The number of H-pyrrole nitrogens is 1. The highest BCUT2D eigenvalue weighted by Crippen LogP contribution is 2.14. The van der Waals surface area contributed by atoms with Crippen molar-refractivity contribution in [3.8, 4) is 0 Å². The van der Waals surface area contributed by atoms with E-state index in [9.17, 15) is 4.79 Å².